The fraction of sp³-hybridized carbons (Fsp3) is 0.750. The summed E-state index contributed by atoms with van der Waals surface area (Å²) in [5.74, 6) is -1.71. The standard InChI is InChI=1S/C12H18N2O6/c1-13-10(15)7-6-19-5-4-14(7)11(16)8-2-3-9(20-8)12(17)18/h7-9H,2-6H2,1H3,(H,13,15)(H,17,18). The molecule has 3 atom stereocenters. The maximum Gasteiger partial charge on any atom is 0.332 e. The van der Waals surface area contributed by atoms with Crippen molar-refractivity contribution >= 4 is 17.8 Å². The van der Waals surface area contributed by atoms with Crippen molar-refractivity contribution in [3.05, 3.63) is 0 Å². The monoisotopic (exact) mass is 286 g/mol. The largest absolute Gasteiger partial charge is 0.479 e. The zero-order chi connectivity index (χ0) is 14.7. The first-order valence-electron chi connectivity index (χ1n) is 6.52. The fourth-order valence-electron chi connectivity index (χ4n) is 2.44. The molecule has 0 aromatic carbocycles. The van der Waals surface area contributed by atoms with E-state index >= 15 is 0 Å². The highest BCUT2D eigenvalue weighted by Crippen LogP contribution is 2.23. The van der Waals surface area contributed by atoms with Gasteiger partial charge in [-0.25, -0.2) is 4.79 Å². The molecule has 8 nitrogen and oxygen atoms in total. The molecule has 2 aliphatic heterocycles. The molecular weight excluding hydrogens is 268 g/mol. The minimum atomic E-state index is -1.06. The van der Waals surface area contributed by atoms with Gasteiger partial charge in [-0.2, -0.15) is 0 Å². The van der Waals surface area contributed by atoms with E-state index in [0.717, 1.165) is 0 Å². The zero-order valence-corrected chi connectivity index (χ0v) is 11.2. The number of hydrogen-bond acceptors (Lipinski definition) is 5. The number of carbonyl (C=O) groups is 3. The van der Waals surface area contributed by atoms with Crippen molar-refractivity contribution in [1.29, 1.82) is 0 Å². The Morgan fingerprint density at radius 3 is 2.55 bits per heavy atom. The van der Waals surface area contributed by atoms with E-state index in [4.69, 9.17) is 14.6 Å². The Balaban J connectivity index is 2.03. The average molecular weight is 286 g/mol. The van der Waals surface area contributed by atoms with Crippen molar-refractivity contribution in [1.82, 2.24) is 10.2 Å². The molecule has 2 saturated heterocycles. The summed E-state index contributed by atoms with van der Waals surface area (Å²) < 4.78 is 10.5. The SMILES string of the molecule is CNC(=O)C1COCCN1C(=O)C1CCC(C(=O)O)O1. The van der Waals surface area contributed by atoms with E-state index < -0.39 is 24.2 Å². The normalized spacial score (nSPS) is 30.1. The molecule has 3 unspecified atom stereocenters. The van der Waals surface area contributed by atoms with Gasteiger partial charge in [0.2, 0.25) is 5.91 Å². The van der Waals surface area contributed by atoms with Crippen molar-refractivity contribution in [2.24, 2.45) is 0 Å². The second kappa shape index (κ2) is 6.19. The van der Waals surface area contributed by atoms with E-state index in [1.54, 1.807) is 0 Å². The van der Waals surface area contributed by atoms with Crippen LogP contribution < -0.4 is 5.32 Å². The molecule has 2 amide bonds. The van der Waals surface area contributed by atoms with E-state index in [9.17, 15) is 14.4 Å². The molecule has 0 aliphatic carbocycles. The van der Waals surface area contributed by atoms with Gasteiger partial charge in [-0.3, -0.25) is 9.59 Å². The molecule has 0 saturated carbocycles. The number of nitrogens with zero attached hydrogens (tertiary/aromatic N) is 1. The van der Waals surface area contributed by atoms with Crippen LogP contribution in [0.15, 0.2) is 0 Å². The Bertz CT molecular complexity index is 413. The van der Waals surface area contributed by atoms with Crippen LogP contribution in [-0.4, -0.2) is 72.8 Å². The number of nitrogens with one attached hydrogen (secondary N) is 1. The molecular formula is C12H18N2O6. The van der Waals surface area contributed by atoms with Gasteiger partial charge in [0.1, 0.15) is 12.1 Å². The third-order valence-corrected chi connectivity index (χ3v) is 3.53. The summed E-state index contributed by atoms with van der Waals surface area (Å²) in [5.41, 5.74) is 0. The molecule has 2 rings (SSSR count). The molecule has 2 heterocycles. The Morgan fingerprint density at radius 1 is 1.25 bits per heavy atom. The molecule has 0 bridgehead atoms. The van der Waals surface area contributed by atoms with Crippen LogP contribution in [0.1, 0.15) is 12.8 Å². The second-order valence-electron chi connectivity index (χ2n) is 4.77. The van der Waals surface area contributed by atoms with E-state index in [1.807, 2.05) is 0 Å². The summed E-state index contributed by atoms with van der Waals surface area (Å²) >= 11 is 0. The number of carboxylic acid groups (broad SMARTS) is 1. The number of aliphatic carboxylic acids is 1. The van der Waals surface area contributed by atoms with Gasteiger partial charge in [-0.15, -0.1) is 0 Å². The van der Waals surface area contributed by atoms with Crippen LogP contribution in [-0.2, 0) is 23.9 Å². The quantitative estimate of drug-likeness (QED) is 0.660. The van der Waals surface area contributed by atoms with E-state index in [1.165, 1.54) is 11.9 Å². The molecule has 2 N–H and O–H groups in total. The number of hydrogen-bond donors (Lipinski definition) is 2. The van der Waals surface area contributed by atoms with Crippen molar-refractivity contribution in [2.45, 2.75) is 31.1 Å². The summed E-state index contributed by atoms with van der Waals surface area (Å²) in [6.07, 6.45) is -1.07. The van der Waals surface area contributed by atoms with Gasteiger partial charge in [0.25, 0.3) is 5.91 Å². The van der Waals surface area contributed by atoms with Crippen LogP contribution in [0.25, 0.3) is 0 Å². The molecule has 0 spiro atoms. The van der Waals surface area contributed by atoms with Crippen molar-refractivity contribution in [3.63, 3.8) is 0 Å². The summed E-state index contributed by atoms with van der Waals surface area (Å²) in [4.78, 5) is 36.4. The lowest BCUT2D eigenvalue weighted by molar-refractivity contribution is -0.161. The van der Waals surface area contributed by atoms with Gasteiger partial charge in [0, 0.05) is 13.6 Å². The topological polar surface area (TPSA) is 105 Å². The predicted octanol–water partition coefficient (Wildman–Crippen LogP) is -1.41. The number of carbonyl (C=O) groups excluding carboxylic acids is 2. The lowest BCUT2D eigenvalue weighted by atomic mass is 10.1. The number of morpholine rings is 1. The van der Waals surface area contributed by atoms with Crippen molar-refractivity contribution in [3.8, 4) is 0 Å². The Morgan fingerprint density at radius 2 is 1.95 bits per heavy atom. The lowest BCUT2D eigenvalue weighted by Crippen LogP contribution is -2.57. The number of carboxylic acids is 1. The summed E-state index contributed by atoms with van der Waals surface area (Å²) in [6, 6.07) is -0.686. The number of ether oxygens (including phenoxy) is 2. The fourth-order valence-corrected chi connectivity index (χ4v) is 2.44. The third kappa shape index (κ3) is 2.91. The smallest absolute Gasteiger partial charge is 0.332 e. The van der Waals surface area contributed by atoms with Gasteiger partial charge >= 0.3 is 5.97 Å². The Labute approximate surface area is 116 Å². The highest BCUT2D eigenvalue weighted by atomic mass is 16.5. The van der Waals surface area contributed by atoms with Crippen LogP contribution in [0, 0.1) is 0 Å². The average Bonchev–Trinajstić information content (AvgIpc) is 2.95. The molecule has 8 heteroatoms. The first-order chi connectivity index (χ1) is 9.54. The zero-order valence-electron chi connectivity index (χ0n) is 11.2. The summed E-state index contributed by atoms with van der Waals surface area (Å²) in [6.45, 7) is 0.795. The molecule has 0 radical (unpaired) electrons. The number of amides is 2. The lowest BCUT2D eigenvalue weighted by Gasteiger charge is -2.35. The summed E-state index contributed by atoms with van der Waals surface area (Å²) in [5, 5.41) is 11.4. The van der Waals surface area contributed by atoms with E-state index in [2.05, 4.69) is 5.32 Å². The minimum absolute atomic E-state index is 0.139. The molecule has 0 aromatic heterocycles. The minimum Gasteiger partial charge on any atom is -0.479 e. The number of rotatable bonds is 3. The van der Waals surface area contributed by atoms with Gasteiger partial charge in [0.05, 0.1) is 13.2 Å². The number of likely N-dealkylation sites (N-methyl/N-ethyl adjacent to an activating group) is 1. The maximum absolute atomic E-state index is 12.4. The van der Waals surface area contributed by atoms with E-state index in [0.29, 0.717) is 26.0 Å². The van der Waals surface area contributed by atoms with Gasteiger partial charge < -0.3 is 24.8 Å². The predicted molar refractivity (Wildman–Crippen MR) is 65.9 cm³/mol. The molecule has 0 aromatic rings. The first kappa shape index (κ1) is 14.7. The van der Waals surface area contributed by atoms with Crippen LogP contribution in [0.3, 0.4) is 0 Å². The van der Waals surface area contributed by atoms with Gasteiger partial charge in [0.15, 0.2) is 6.10 Å². The second-order valence-corrected chi connectivity index (χ2v) is 4.77. The van der Waals surface area contributed by atoms with Crippen molar-refractivity contribution < 1.29 is 29.0 Å². The molecule has 112 valence electrons. The Kier molecular flexibility index (Phi) is 4.56. The summed E-state index contributed by atoms with van der Waals surface area (Å²) in [7, 11) is 1.49. The highest BCUT2D eigenvalue weighted by molar-refractivity contribution is 5.90. The van der Waals surface area contributed by atoms with Crippen LogP contribution in [0.4, 0.5) is 0 Å². The molecule has 2 fully saturated rings. The van der Waals surface area contributed by atoms with Crippen molar-refractivity contribution in [2.75, 3.05) is 26.8 Å². The highest BCUT2D eigenvalue weighted by Gasteiger charge is 2.41. The van der Waals surface area contributed by atoms with E-state index in [-0.39, 0.29) is 18.4 Å². The maximum atomic E-state index is 12.4. The first-order valence-corrected chi connectivity index (χ1v) is 6.52. The Hall–Kier alpha value is -1.67. The molecule has 20 heavy (non-hydrogen) atoms. The molecule has 2 aliphatic rings. The van der Waals surface area contributed by atoms with Gasteiger partial charge in [-0.05, 0) is 12.8 Å². The van der Waals surface area contributed by atoms with Gasteiger partial charge in [-0.1, -0.05) is 0 Å². The van der Waals surface area contributed by atoms with Crippen LogP contribution in [0.2, 0.25) is 0 Å². The van der Waals surface area contributed by atoms with Crippen LogP contribution in [0.5, 0.6) is 0 Å². The van der Waals surface area contributed by atoms with Crippen LogP contribution >= 0.6 is 0 Å². The third-order valence-electron chi connectivity index (χ3n) is 3.53.